The molecule has 1 atom stereocenters. The van der Waals surface area contributed by atoms with E-state index in [2.05, 4.69) is 0 Å². The average molecular weight is 175 g/mol. The Hall–Kier alpha value is -0.220. The molecule has 11 heavy (non-hydrogen) atoms. The molecule has 1 fully saturated rings. The second kappa shape index (κ2) is 3.03. The summed E-state index contributed by atoms with van der Waals surface area (Å²) >= 11 is 1.68. The maximum absolute atomic E-state index is 11.0. The van der Waals surface area contributed by atoms with Crippen molar-refractivity contribution >= 4 is 17.7 Å². The van der Waals surface area contributed by atoms with Crippen molar-refractivity contribution in [2.75, 3.05) is 5.75 Å². The second-order valence-electron chi connectivity index (χ2n) is 3.28. The van der Waals surface area contributed by atoms with E-state index < -0.39 is 6.23 Å². The number of hydrogen-bond donors (Lipinski definition) is 1. The predicted molar refractivity (Wildman–Crippen MR) is 45.2 cm³/mol. The lowest BCUT2D eigenvalue weighted by atomic mass is 10.1. The molecular formula is C7H13NO2S. The minimum atomic E-state index is -0.422. The molecule has 1 saturated heterocycles. The molecule has 0 bridgehead atoms. The van der Waals surface area contributed by atoms with E-state index in [0.29, 0.717) is 12.2 Å². The molecule has 0 radical (unpaired) electrons. The fourth-order valence-electron chi connectivity index (χ4n) is 0.951. The summed E-state index contributed by atoms with van der Waals surface area (Å²) < 4.78 is 4.84. The predicted octanol–water partition coefficient (Wildman–Crippen LogP) is 0.730. The standard InChI is InChI=1S/C7H13NO2S/c1-7(2)3-6(9)10-5(8)4-11-7/h5H,3-4,8H2,1-2H3. The number of ether oxygens (including phenoxy) is 1. The van der Waals surface area contributed by atoms with Crippen LogP contribution < -0.4 is 5.73 Å². The summed E-state index contributed by atoms with van der Waals surface area (Å²) in [6, 6.07) is 0. The van der Waals surface area contributed by atoms with Crippen molar-refractivity contribution in [3.8, 4) is 0 Å². The van der Waals surface area contributed by atoms with E-state index in [4.69, 9.17) is 10.5 Å². The molecule has 3 nitrogen and oxygen atoms in total. The number of thioether (sulfide) groups is 1. The van der Waals surface area contributed by atoms with Gasteiger partial charge in [0.2, 0.25) is 0 Å². The van der Waals surface area contributed by atoms with Gasteiger partial charge < -0.3 is 4.74 Å². The molecule has 0 aromatic rings. The van der Waals surface area contributed by atoms with E-state index in [-0.39, 0.29) is 10.7 Å². The van der Waals surface area contributed by atoms with Gasteiger partial charge in [-0.3, -0.25) is 10.5 Å². The Morgan fingerprint density at radius 2 is 2.36 bits per heavy atom. The van der Waals surface area contributed by atoms with Crippen LogP contribution in [0.15, 0.2) is 0 Å². The summed E-state index contributed by atoms with van der Waals surface area (Å²) in [5.74, 6) is 0.506. The van der Waals surface area contributed by atoms with Crippen LogP contribution in [0.5, 0.6) is 0 Å². The van der Waals surface area contributed by atoms with Gasteiger partial charge in [-0.1, -0.05) is 13.8 Å². The first-order valence-corrected chi connectivity index (χ1v) is 4.57. The fourth-order valence-corrected chi connectivity index (χ4v) is 1.85. The second-order valence-corrected chi connectivity index (χ2v) is 5.00. The topological polar surface area (TPSA) is 52.3 Å². The minimum Gasteiger partial charge on any atom is -0.446 e. The summed E-state index contributed by atoms with van der Waals surface area (Å²) in [5, 5.41) is 0. The zero-order valence-corrected chi connectivity index (χ0v) is 7.61. The molecule has 4 heteroatoms. The first-order valence-electron chi connectivity index (χ1n) is 3.59. The maximum Gasteiger partial charge on any atom is 0.308 e. The molecular weight excluding hydrogens is 162 g/mol. The number of esters is 1. The van der Waals surface area contributed by atoms with Crippen molar-refractivity contribution in [2.24, 2.45) is 5.73 Å². The highest BCUT2D eigenvalue weighted by molar-refractivity contribution is 8.00. The minimum absolute atomic E-state index is 0.0226. The number of nitrogens with two attached hydrogens (primary N) is 1. The Kier molecular flexibility index (Phi) is 2.44. The van der Waals surface area contributed by atoms with Crippen LogP contribution in [0.4, 0.5) is 0 Å². The monoisotopic (exact) mass is 175 g/mol. The molecule has 0 spiro atoms. The van der Waals surface area contributed by atoms with E-state index in [9.17, 15) is 4.79 Å². The first kappa shape index (κ1) is 8.87. The van der Waals surface area contributed by atoms with Crippen molar-refractivity contribution < 1.29 is 9.53 Å². The van der Waals surface area contributed by atoms with Gasteiger partial charge in [0.05, 0.1) is 6.42 Å². The van der Waals surface area contributed by atoms with Crippen LogP contribution in [0.2, 0.25) is 0 Å². The molecule has 1 heterocycles. The van der Waals surface area contributed by atoms with Crippen molar-refractivity contribution in [1.29, 1.82) is 0 Å². The maximum atomic E-state index is 11.0. The highest BCUT2D eigenvalue weighted by atomic mass is 32.2. The van der Waals surface area contributed by atoms with Crippen LogP contribution in [0, 0.1) is 0 Å². The quantitative estimate of drug-likeness (QED) is 0.551. The number of carbonyl (C=O) groups is 1. The van der Waals surface area contributed by atoms with Crippen LogP contribution in [0.25, 0.3) is 0 Å². The van der Waals surface area contributed by atoms with Gasteiger partial charge in [0.15, 0.2) is 6.23 Å². The fraction of sp³-hybridized carbons (Fsp3) is 0.857. The zero-order valence-electron chi connectivity index (χ0n) is 6.79. The molecule has 2 N–H and O–H groups in total. The molecule has 0 amide bonds. The SMILES string of the molecule is CC1(C)CC(=O)OC(N)CS1. The van der Waals surface area contributed by atoms with Gasteiger partial charge in [-0.05, 0) is 0 Å². The third-order valence-electron chi connectivity index (χ3n) is 1.49. The van der Waals surface area contributed by atoms with Crippen molar-refractivity contribution in [1.82, 2.24) is 0 Å². The largest absolute Gasteiger partial charge is 0.446 e. The number of hydrogen-bond acceptors (Lipinski definition) is 4. The highest BCUT2D eigenvalue weighted by Crippen LogP contribution is 2.31. The summed E-state index contributed by atoms with van der Waals surface area (Å²) in [5.41, 5.74) is 5.48. The van der Waals surface area contributed by atoms with E-state index in [0.717, 1.165) is 0 Å². The van der Waals surface area contributed by atoms with Crippen molar-refractivity contribution in [3.63, 3.8) is 0 Å². The van der Waals surface area contributed by atoms with E-state index >= 15 is 0 Å². The third-order valence-corrected chi connectivity index (χ3v) is 2.91. The molecule has 0 aromatic heterocycles. The van der Waals surface area contributed by atoms with Crippen LogP contribution in [-0.4, -0.2) is 22.7 Å². The van der Waals surface area contributed by atoms with Gasteiger partial charge in [0.25, 0.3) is 0 Å². The highest BCUT2D eigenvalue weighted by Gasteiger charge is 2.29. The van der Waals surface area contributed by atoms with Gasteiger partial charge in [0, 0.05) is 10.5 Å². The molecule has 1 rings (SSSR count). The molecule has 1 aliphatic rings. The lowest BCUT2D eigenvalue weighted by Gasteiger charge is -2.18. The Morgan fingerprint density at radius 1 is 1.73 bits per heavy atom. The first-order chi connectivity index (χ1) is 4.99. The molecule has 0 saturated carbocycles. The number of cyclic esters (lactones) is 1. The Bertz CT molecular complexity index is 170. The molecule has 1 unspecified atom stereocenters. The van der Waals surface area contributed by atoms with Crippen molar-refractivity contribution in [3.05, 3.63) is 0 Å². The molecule has 0 aromatic carbocycles. The Labute approximate surface area is 70.7 Å². The van der Waals surface area contributed by atoms with Crippen LogP contribution >= 0.6 is 11.8 Å². The van der Waals surface area contributed by atoms with E-state index in [1.54, 1.807) is 11.8 Å². The van der Waals surface area contributed by atoms with Gasteiger partial charge in [-0.25, -0.2) is 0 Å². The summed E-state index contributed by atoms with van der Waals surface area (Å²) in [4.78, 5) is 11.0. The zero-order chi connectivity index (χ0) is 8.48. The molecule has 1 aliphatic heterocycles. The smallest absolute Gasteiger partial charge is 0.308 e. The molecule has 64 valence electrons. The van der Waals surface area contributed by atoms with Gasteiger partial charge in [-0.2, -0.15) is 0 Å². The Morgan fingerprint density at radius 3 is 3.00 bits per heavy atom. The normalized spacial score (nSPS) is 30.8. The summed E-state index contributed by atoms with van der Waals surface area (Å²) in [6.45, 7) is 4.05. The Balaban J connectivity index is 2.60. The average Bonchev–Trinajstić information content (AvgIpc) is 1.90. The molecule has 0 aliphatic carbocycles. The summed E-state index contributed by atoms with van der Waals surface area (Å²) in [7, 11) is 0. The van der Waals surface area contributed by atoms with E-state index in [1.807, 2.05) is 13.8 Å². The summed E-state index contributed by atoms with van der Waals surface area (Å²) in [6.07, 6.45) is 0.0278. The lowest BCUT2D eigenvalue weighted by Crippen LogP contribution is -2.27. The van der Waals surface area contributed by atoms with Gasteiger partial charge in [0.1, 0.15) is 0 Å². The van der Waals surface area contributed by atoms with E-state index in [1.165, 1.54) is 0 Å². The van der Waals surface area contributed by atoms with Gasteiger partial charge in [-0.15, -0.1) is 11.8 Å². The van der Waals surface area contributed by atoms with Crippen LogP contribution in [-0.2, 0) is 9.53 Å². The van der Waals surface area contributed by atoms with Gasteiger partial charge >= 0.3 is 5.97 Å². The third kappa shape index (κ3) is 2.71. The van der Waals surface area contributed by atoms with Crippen molar-refractivity contribution in [2.45, 2.75) is 31.2 Å². The van der Waals surface area contributed by atoms with Crippen LogP contribution in [0.3, 0.4) is 0 Å². The number of carbonyl (C=O) groups excluding carboxylic acids is 1. The van der Waals surface area contributed by atoms with Crippen LogP contribution in [0.1, 0.15) is 20.3 Å². The number of rotatable bonds is 0. The lowest BCUT2D eigenvalue weighted by molar-refractivity contribution is -0.147.